The molecule has 0 saturated heterocycles. The zero-order valence-corrected chi connectivity index (χ0v) is 13.0. The number of fused-ring (bicyclic) bond motifs is 1. The number of rotatable bonds is 1. The van der Waals surface area contributed by atoms with Crippen LogP contribution in [0.5, 0.6) is 0 Å². The Hall–Kier alpha value is -1.46. The maximum absolute atomic E-state index is 5.43. The summed E-state index contributed by atoms with van der Waals surface area (Å²) in [6, 6.07) is 8.19. The highest BCUT2D eigenvalue weighted by molar-refractivity contribution is 9.10. The van der Waals surface area contributed by atoms with E-state index in [0.717, 1.165) is 32.5 Å². The van der Waals surface area contributed by atoms with Gasteiger partial charge in [-0.05, 0) is 61.5 Å². The highest BCUT2D eigenvalue weighted by Gasteiger charge is 2.10. The summed E-state index contributed by atoms with van der Waals surface area (Å²) in [7, 11) is 0. The lowest BCUT2D eigenvalue weighted by Crippen LogP contribution is -1.98. The van der Waals surface area contributed by atoms with Crippen molar-refractivity contribution in [1.82, 2.24) is 14.5 Å². The van der Waals surface area contributed by atoms with Gasteiger partial charge < -0.3 is 4.98 Å². The van der Waals surface area contributed by atoms with Gasteiger partial charge in [-0.3, -0.25) is 4.57 Å². The van der Waals surface area contributed by atoms with Crippen LogP contribution in [-0.4, -0.2) is 14.5 Å². The van der Waals surface area contributed by atoms with Gasteiger partial charge in [-0.15, -0.1) is 0 Å². The molecule has 0 aliphatic carbocycles. The number of benzene rings is 1. The van der Waals surface area contributed by atoms with Gasteiger partial charge in [0.2, 0.25) is 0 Å². The van der Waals surface area contributed by atoms with Crippen LogP contribution in [0.15, 0.2) is 34.9 Å². The number of nitrogens with zero attached hydrogens (tertiary/aromatic N) is 2. The first-order chi connectivity index (χ1) is 9.06. The van der Waals surface area contributed by atoms with Gasteiger partial charge >= 0.3 is 0 Å². The van der Waals surface area contributed by atoms with Gasteiger partial charge in [0.05, 0.1) is 11.2 Å². The van der Waals surface area contributed by atoms with Gasteiger partial charge in [0.25, 0.3) is 0 Å². The molecule has 5 heteroatoms. The molecule has 0 spiro atoms. The number of aromatic amines is 1. The second-order valence-corrected chi connectivity index (χ2v) is 5.88. The van der Waals surface area contributed by atoms with E-state index in [1.165, 1.54) is 0 Å². The van der Waals surface area contributed by atoms with Crippen LogP contribution in [0.25, 0.3) is 16.9 Å². The first-order valence-corrected chi connectivity index (χ1v) is 7.10. The topological polar surface area (TPSA) is 33.6 Å². The quantitative estimate of drug-likeness (QED) is 0.667. The van der Waals surface area contributed by atoms with Crippen molar-refractivity contribution >= 4 is 39.3 Å². The van der Waals surface area contributed by atoms with Crippen molar-refractivity contribution in [2.45, 2.75) is 13.8 Å². The standard InChI is InChI=1S/C14H12BrN3S/c1-8-5-11-13(16-7-8)18(14(19)17-11)12-4-3-10(15)6-9(12)2/h3-7H,1-2H3,(H,17,19). The van der Waals surface area contributed by atoms with Crippen molar-refractivity contribution in [2.75, 3.05) is 0 Å². The summed E-state index contributed by atoms with van der Waals surface area (Å²) >= 11 is 8.90. The number of H-pyrrole nitrogens is 1. The van der Waals surface area contributed by atoms with Gasteiger partial charge in [-0.1, -0.05) is 15.9 Å². The Kier molecular flexibility index (Phi) is 3.03. The molecule has 19 heavy (non-hydrogen) atoms. The fourth-order valence-corrected chi connectivity index (χ4v) is 2.96. The molecule has 0 aliphatic heterocycles. The van der Waals surface area contributed by atoms with E-state index >= 15 is 0 Å². The van der Waals surface area contributed by atoms with E-state index in [2.05, 4.69) is 45.0 Å². The summed E-state index contributed by atoms with van der Waals surface area (Å²) in [4.78, 5) is 7.71. The summed E-state index contributed by atoms with van der Waals surface area (Å²) in [5, 5.41) is 0. The fraction of sp³-hybridized carbons (Fsp3) is 0.143. The minimum Gasteiger partial charge on any atom is -0.329 e. The summed E-state index contributed by atoms with van der Waals surface area (Å²) in [6.45, 7) is 4.08. The molecule has 0 radical (unpaired) electrons. The van der Waals surface area contributed by atoms with Gasteiger partial charge in [-0.25, -0.2) is 4.98 Å². The van der Waals surface area contributed by atoms with E-state index in [4.69, 9.17) is 12.2 Å². The van der Waals surface area contributed by atoms with Gasteiger partial charge in [-0.2, -0.15) is 0 Å². The van der Waals surface area contributed by atoms with Crippen LogP contribution < -0.4 is 0 Å². The second-order valence-electron chi connectivity index (χ2n) is 4.58. The molecule has 0 fully saturated rings. The van der Waals surface area contributed by atoms with Crippen LogP contribution >= 0.6 is 28.1 Å². The zero-order chi connectivity index (χ0) is 13.6. The Labute approximate surface area is 124 Å². The molecule has 3 aromatic rings. The Morgan fingerprint density at radius 1 is 1.26 bits per heavy atom. The molecule has 2 heterocycles. The SMILES string of the molecule is Cc1cnc2c(c1)[nH]c(=S)n2-c1ccc(Br)cc1C. The highest BCUT2D eigenvalue weighted by atomic mass is 79.9. The Morgan fingerprint density at radius 3 is 2.79 bits per heavy atom. The number of aromatic nitrogens is 3. The molecule has 0 saturated carbocycles. The molecule has 1 N–H and O–H groups in total. The number of pyridine rings is 1. The van der Waals surface area contributed by atoms with Crippen LogP contribution in [0, 0.1) is 18.6 Å². The molecule has 0 atom stereocenters. The third-order valence-corrected chi connectivity index (χ3v) is 3.84. The lowest BCUT2D eigenvalue weighted by Gasteiger charge is -2.08. The van der Waals surface area contributed by atoms with E-state index in [-0.39, 0.29) is 0 Å². The summed E-state index contributed by atoms with van der Waals surface area (Å²) in [6.07, 6.45) is 1.86. The smallest absolute Gasteiger partial charge is 0.184 e. The third kappa shape index (κ3) is 2.13. The number of nitrogens with one attached hydrogen (secondary N) is 1. The van der Waals surface area contributed by atoms with Crippen molar-refractivity contribution in [3.8, 4) is 5.69 Å². The predicted molar refractivity (Wildman–Crippen MR) is 83.4 cm³/mol. The summed E-state index contributed by atoms with van der Waals surface area (Å²) in [5.41, 5.74) is 5.14. The maximum Gasteiger partial charge on any atom is 0.184 e. The van der Waals surface area contributed by atoms with Crippen molar-refractivity contribution < 1.29 is 0 Å². The molecule has 0 amide bonds. The van der Waals surface area contributed by atoms with Gasteiger partial charge in [0.1, 0.15) is 0 Å². The molecular weight excluding hydrogens is 322 g/mol. The monoisotopic (exact) mass is 333 g/mol. The van der Waals surface area contributed by atoms with Crippen molar-refractivity contribution in [1.29, 1.82) is 0 Å². The van der Waals surface area contributed by atoms with Crippen LogP contribution in [0.1, 0.15) is 11.1 Å². The lowest BCUT2D eigenvalue weighted by atomic mass is 10.2. The molecule has 96 valence electrons. The van der Waals surface area contributed by atoms with E-state index < -0.39 is 0 Å². The van der Waals surface area contributed by atoms with E-state index in [9.17, 15) is 0 Å². The molecule has 1 aromatic carbocycles. The first kappa shape index (κ1) is 12.6. The van der Waals surface area contributed by atoms with E-state index in [1.54, 1.807) is 0 Å². The fourth-order valence-electron chi connectivity index (χ4n) is 2.19. The van der Waals surface area contributed by atoms with Gasteiger partial charge in [0.15, 0.2) is 10.4 Å². The minimum absolute atomic E-state index is 0.665. The normalized spacial score (nSPS) is 11.1. The first-order valence-electron chi connectivity index (χ1n) is 5.90. The second kappa shape index (κ2) is 4.58. The molecule has 0 bridgehead atoms. The molecule has 3 rings (SSSR count). The number of imidazole rings is 1. The maximum atomic E-state index is 5.43. The molecule has 3 nitrogen and oxygen atoms in total. The largest absolute Gasteiger partial charge is 0.329 e. The third-order valence-electron chi connectivity index (χ3n) is 3.06. The van der Waals surface area contributed by atoms with Crippen molar-refractivity contribution in [3.63, 3.8) is 0 Å². The summed E-state index contributed by atoms with van der Waals surface area (Å²) in [5.74, 6) is 0. The number of halogens is 1. The Morgan fingerprint density at radius 2 is 2.05 bits per heavy atom. The number of hydrogen-bond donors (Lipinski definition) is 1. The van der Waals surface area contributed by atoms with Crippen LogP contribution in [0.2, 0.25) is 0 Å². The minimum atomic E-state index is 0.665. The molecule has 2 aromatic heterocycles. The lowest BCUT2D eigenvalue weighted by molar-refractivity contribution is 1.03. The van der Waals surface area contributed by atoms with Crippen molar-refractivity contribution in [3.05, 3.63) is 50.8 Å². The van der Waals surface area contributed by atoms with Crippen LogP contribution in [-0.2, 0) is 0 Å². The molecule has 0 aliphatic rings. The van der Waals surface area contributed by atoms with Crippen LogP contribution in [0.4, 0.5) is 0 Å². The van der Waals surface area contributed by atoms with E-state index in [0.29, 0.717) is 4.77 Å². The predicted octanol–water partition coefficient (Wildman–Crippen LogP) is 4.46. The Balaban J connectivity index is 2.36. The molecular formula is C14H12BrN3S. The van der Waals surface area contributed by atoms with Crippen LogP contribution in [0.3, 0.4) is 0 Å². The number of aryl methyl sites for hydroxylation is 2. The zero-order valence-electron chi connectivity index (χ0n) is 10.6. The Bertz CT molecular complexity index is 832. The molecule has 0 unspecified atom stereocenters. The highest BCUT2D eigenvalue weighted by Crippen LogP contribution is 2.23. The van der Waals surface area contributed by atoms with Crippen molar-refractivity contribution in [2.24, 2.45) is 0 Å². The summed E-state index contributed by atoms with van der Waals surface area (Å²) < 4.78 is 3.70. The van der Waals surface area contributed by atoms with Gasteiger partial charge in [0, 0.05) is 10.7 Å². The average Bonchev–Trinajstić information content (AvgIpc) is 2.65. The van der Waals surface area contributed by atoms with E-state index in [1.807, 2.05) is 29.8 Å². The average molecular weight is 334 g/mol. The number of hydrogen-bond acceptors (Lipinski definition) is 2.